The molecular weight excluding hydrogens is 250 g/mol. The van der Waals surface area contributed by atoms with Crippen molar-refractivity contribution in [2.24, 2.45) is 0 Å². The number of ether oxygens (including phenoxy) is 1. The summed E-state index contributed by atoms with van der Waals surface area (Å²) in [5, 5.41) is 8.84. The van der Waals surface area contributed by atoms with Crippen LogP contribution in [0.2, 0.25) is 0 Å². The Hall–Kier alpha value is -1.18. The predicted octanol–water partition coefficient (Wildman–Crippen LogP) is 1.47. The van der Waals surface area contributed by atoms with Crippen LogP contribution in [0.15, 0.2) is 10.9 Å². The van der Waals surface area contributed by atoms with Crippen molar-refractivity contribution in [3.63, 3.8) is 0 Å². The third-order valence-electron chi connectivity index (χ3n) is 2.07. The summed E-state index contributed by atoms with van der Waals surface area (Å²) in [6.45, 7) is 0.890. The lowest BCUT2D eigenvalue weighted by Crippen LogP contribution is -2.15. The number of methoxy groups -OCH3 is 1. The van der Waals surface area contributed by atoms with Gasteiger partial charge in [-0.1, -0.05) is 11.3 Å². The van der Waals surface area contributed by atoms with E-state index in [-0.39, 0.29) is 9.75 Å². The molecule has 0 spiro atoms. The first-order valence-corrected chi connectivity index (χ1v) is 6.12. The minimum absolute atomic E-state index is 0.0739. The highest BCUT2D eigenvalue weighted by molar-refractivity contribution is 7.27. The Labute approximate surface area is 98.5 Å². The molecule has 0 fully saturated rings. The maximum absolute atomic E-state index is 11.6. The van der Waals surface area contributed by atoms with Crippen LogP contribution < -0.4 is 4.87 Å². The van der Waals surface area contributed by atoms with Gasteiger partial charge in [0.05, 0.1) is 17.9 Å². The number of hydrogen-bond donors (Lipinski definition) is 1. The molecule has 0 aliphatic heterocycles. The van der Waals surface area contributed by atoms with Gasteiger partial charge in [-0.3, -0.25) is 9.36 Å². The van der Waals surface area contributed by atoms with E-state index in [1.807, 2.05) is 0 Å². The van der Waals surface area contributed by atoms with Crippen LogP contribution in [0.3, 0.4) is 0 Å². The second-order valence-electron chi connectivity index (χ2n) is 3.10. The number of aromatic carboxylic acids is 1. The van der Waals surface area contributed by atoms with E-state index in [0.29, 0.717) is 18.0 Å². The molecule has 0 atom stereocenters. The molecule has 0 bridgehead atoms. The number of thiophene rings is 1. The molecule has 0 amide bonds. The van der Waals surface area contributed by atoms with Crippen LogP contribution in [0, 0.1) is 0 Å². The van der Waals surface area contributed by atoms with Gasteiger partial charge in [-0.2, -0.15) is 0 Å². The molecule has 0 saturated carbocycles. The third kappa shape index (κ3) is 1.89. The Bertz CT molecular complexity index is 580. The first-order valence-electron chi connectivity index (χ1n) is 4.49. The zero-order valence-electron chi connectivity index (χ0n) is 8.43. The topological polar surface area (TPSA) is 68.5 Å². The highest BCUT2D eigenvalue weighted by Gasteiger charge is 2.14. The first kappa shape index (κ1) is 11.3. The van der Waals surface area contributed by atoms with Crippen molar-refractivity contribution in [3.05, 3.63) is 20.6 Å². The quantitative estimate of drug-likeness (QED) is 0.902. The Morgan fingerprint density at radius 2 is 2.31 bits per heavy atom. The van der Waals surface area contributed by atoms with E-state index < -0.39 is 5.97 Å². The molecule has 0 aliphatic carbocycles. The van der Waals surface area contributed by atoms with Crippen LogP contribution >= 0.6 is 22.7 Å². The number of thiazole rings is 1. The number of rotatable bonds is 4. The molecule has 2 aromatic rings. The Balaban J connectivity index is 2.49. The summed E-state index contributed by atoms with van der Waals surface area (Å²) in [6, 6.07) is 1.54. The van der Waals surface area contributed by atoms with Crippen molar-refractivity contribution in [2.75, 3.05) is 13.7 Å². The maximum atomic E-state index is 11.6. The van der Waals surface area contributed by atoms with E-state index in [4.69, 9.17) is 9.84 Å². The second kappa shape index (κ2) is 4.36. The molecule has 2 heterocycles. The second-order valence-corrected chi connectivity index (χ2v) is 5.12. The van der Waals surface area contributed by atoms with Crippen molar-refractivity contribution in [2.45, 2.75) is 6.54 Å². The van der Waals surface area contributed by atoms with Gasteiger partial charge >= 0.3 is 10.8 Å². The van der Waals surface area contributed by atoms with Gasteiger partial charge in [0.2, 0.25) is 0 Å². The molecule has 7 heteroatoms. The molecule has 0 saturated heterocycles. The van der Waals surface area contributed by atoms with Gasteiger partial charge < -0.3 is 9.84 Å². The number of carboxylic acids is 1. The first-order chi connectivity index (χ1) is 7.63. The molecule has 1 N–H and O–H groups in total. The third-order valence-corrected chi connectivity index (χ3v) is 4.27. The number of carbonyl (C=O) groups is 1. The van der Waals surface area contributed by atoms with Crippen LogP contribution in [-0.4, -0.2) is 29.4 Å². The summed E-state index contributed by atoms with van der Waals surface area (Å²) < 4.78 is 7.19. The van der Waals surface area contributed by atoms with E-state index in [1.54, 1.807) is 11.7 Å². The van der Waals surface area contributed by atoms with Crippen molar-refractivity contribution in [1.29, 1.82) is 0 Å². The molecule has 0 unspecified atom stereocenters. The minimum Gasteiger partial charge on any atom is -0.477 e. The smallest absolute Gasteiger partial charge is 0.345 e. The van der Waals surface area contributed by atoms with E-state index in [1.165, 1.54) is 6.07 Å². The lowest BCUT2D eigenvalue weighted by Gasteiger charge is -1.99. The Kier molecular flexibility index (Phi) is 3.08. The van der Waals surface area contributed by atoms with Crippen LogP contribution in [0.1, 0.15) is 9.67 Å². The van der Waals surface area contributed by atoms with Crippen LogP contribution in [0.4, 0.5) is 0 Å². The van der Waals surface area contributed by atoms with Crippen molar-refractivity contribution >= 4 is 38.2 Å². The zero-order valence-corrected chi connectivity index (χ0v) is 10.1. The van der Waals surface area contributed by atoms with Gasteiger partial charge in [0.1, 0.15) is 9.71 Å². The molecule has 16 heavy (non-hydrogen) atoms. The summed E-state index contributed by atoms with van der Waals surface area (Å²) >= 11 is 2.19. The predicted molar refractivity (Wildman–Crippen MR) is 62.8 cm³/mol. The minimum atomic E-state index is -0.959. The molecule has 2 rings (SSSR count). The van der Waals surface area contributed by atoms with E-state index in [0.717, 1.165) is 27.4 Å². The summed E-state index contributed by atoms with van der Waals surface area (Å²) in [5.41, 5.74) is 0. The number of carboxylic acid groups (broad SMARTS) is 1. The van der Waals surface area contributed by atoms with E-state index in [2.05, 4.69) is 0 Å². The van der Waals surface area contributed by atoms with Gasteiger partial charge in [-0.15, -0.1) is 11.3 Å². The number of nitrogens with zero attached hydrogens (tertiary/aromatic N) is 1. The average Bonchev–Trinajstić information content (AvgIpc) is 2.73. The Morgan fingerprint density at radius 1 is 1.56 bits per heavy atom. The van der Waals surface area contributed by atoms with Crippen LogP contribution in [0.5, 0.6) is 0 Å². The monoisotopic (exact) mass is 259 g/mol. The fourth-order valence-corrected chi connectivity index (χ4v) is 3.49. The van der Waals surface area contributed by atoms with Gasteiger partial charge in [-0.05, 0) is 6.07 Å². The SMILES string of the molecule is COCCn1c(=O)sc2cc(C(=O)O)sc21. The molecule has 86 valence electrons. The van der Waals surface area contributed by atoms with E-state index >= 15 is 0 Å². The fraction of sp³-hybridized carbons (Fsp3) is 0.333. The van der Waals surface area contributed by atoms with Crippen molar-refractivity contribution in [1.82, 2.24) is 4.57 Å². The van der Waals surface area contributed by atoms with Gasteiger partial charge in [0.15, 0.2) is 0 Å². The number of fused-ring (bicyclic) bond motifs is 1. The highest BCUT2D eigenvalue weighted by atomic mass is 32.1. The van der Waals surface area contributed by atoms with Gasteiger partial charge in [-0.25, -0.2) is 4.79 Å². The highest BCUT2D eigenvalue weighted by Crippen LogP contribution is 2.27. The molecule has 5 nitrogen and oxygen atoms in total. The molecule has 0 aliphatic rings. The van der Waals surface area contributed by atoms with E-state index in [9.17, 15) is 9.59 Å². The molecule has 0 radical (unpaired) electrons. The summed E-state index contributed by atoms with van der Waals surface area (Å²) in [6.07, 6.45) is 0. The summed E-state index contributed by atoms with van der Waals surface area (Å²) in [4.78, 5) is 23.2. The maximum Gasteiger partial charge on any atom is 0.345 e. The summed E-state index contributed by atoms with van der Waals surface area (Å²) in [7, 11) is 1.56. The zero-order chi connectivity index (χ0) is 11.7. The molecular formula is C9H9NO4S2. The largest absolute Gasteiger partial charge is 0.477 e. The standard InChI is InChI=1S/C9H9NO4S2/c1-14-3-2-10-7-5(16-9(10)13)4-6(15-7)8(11)12/h4H,2-3H2,1H3,(H,11,12). The van der Waals surface area contributed by atoms with Crippen LogP contribution in [-0.2, 0) is 11.3 Å². The van der Waals surface area contributed by atoms with Crippen molar-refractivity contribution < 1.29 is 14.6 Å². The fourth-order valence-electron chi connectivity index (χ4n) is 1.34. The number of hydrogen-bond acceptors (Lipinski definition) is 5. The lowest BCUT2D eigenvalue weighted by molar-refractivity contribution is 0.0702. The number of aromatic nitrogens is 1. The lowest BCUT2D eigenvalue weighted by atomic mass is 10.5. The Morgan fingerprint density at radius 3 is 2.94 bits per heavy atom. The van der Waals surface area contributed by atoms with Crippen LogP contribution in [0.25, 0.3) is 9.53 Å². The average molecular weight is 259 g/mol. The van der Waals surface area contributed by atoms with Gasteiger partial charge in [0, 0.05) is 7.11 Å². The van der Waals surface area contributed by atoms with Gasteiger partial charge in [0.25, 0.3) is 0 Å². The molecule has 2 aromatic heterocycles. The summed E-state index contributed by atoms with van der Waals surface area (Å²) in [5.74, 6) is -0.959. The normalized spacial score (nSPS) is 11.1. The van der Waals surface area contributed by atoms with Crippen molar-refractivity contribution in [3.8, 4) is 0 Å². The molecule has 0 aromatic carbocycles.